The quantitative estimate of drug-likeness (QED) is 0.722. The summed E-state index contributed by atoms with van der Waals surface area (Å²) in [5.74, 6) is 2.09. The summed E-state index contributed by atoms with van der Waals surface area (Å²) in [4.78, 5) is 8.34. The van der Waals surface area contributed by atoms with Crippen molar-refractivity contribution >= 4 is 5.82 Å². The number of aliphatic hydroxyl groups is 1. The lowest BCUT2D eigenvalue weighted by molar-refractivity contribution is 0.196. The zero-order chi connectivity index (χ0) is 9.97. The van der Waals surface area contributed by atoms with Crippen LogP contribution < -0.4 is 10.5 Å². The summed E-state index contributed by atoms with van der Waals surface area (Å²) in [6.07, 6.45) is 2.26. The van der Waals surface area contributed by atoms with Gasteiger partial charge in [0, 0.05) is 12.0 Å². The summed E-state index contributed by atoms with van der Waals surface area (Å²) in [6.45, 7) is 0.212. The molecule has 1 heterocycles. The molecule has 0 aliphatic heterocycles. The number of nitrogens with two attached hydrogens (primary N) is 1. The maximum Gasteiger partial charge on any atom is 0.218 e. The normalized spacial score (nSPS) is 15.5. The second-order valence-electron chi connectivity index (χ2n) is 3.34. The van der Waals surface area contributed by atoms with Crippen molar-refractivity contribution in [2.24, 2.45) is 0 Å². The number of anilines is 1. The van der Waals surface area contributed by atoms with Crippen molar-refractivity contribution in [3.63, 3.8) is 0 Å². The summed E-state index contributed by atoms with van der Waals surface area (Å²) >= 11 is 0. The molecule has 0 amide bonds. The lowest BCUT2D eigenvalue weighted by Crippen LogP contribution is -2.06. The molecule has 1 aromatic heterocycles. The standard InChI is InChI=1S/C9H13N3O2/c10-7-5-8(14-4-3-13)12-9(11-7)6-1-2-6/h5-6,13H,1-4H2,(H2,10,11,12). The van der Waals surface area contributed by atoms with Crippen LogP contribution in [-0.2, 0) is 0 Å². The number of nitrogen functional groups attached to an aromatic ring is 1. The Morgan fingerprint density at radius 3 is 2.93 bits per heavy atom. The molecule has 0 aromatic carbocycles. The van der Waals surface area contributed by atoms with Gasteiger partial charge in [-0.3, -0.25) is 0 Å². The predicted molar refractivity (Wildman–Crippen MR) is 51.0 cm³/mol. The van der Waals surface area contributed by atoms with Gasteiger partial charge < -0.3 is 15.6 Å². The van der Waals surface area contributed by atoms with E-state index in [1.165, 1.54) is 0 Å². The van der Waals surface area contributed by atoms with E-state index in [1.807, 2.05) is 0 Å². The molecule has 0 atom stereocenters. The largest absolute Gasteiger partial charge is 0.475 e. The molecule has 0 spiro atoms. The van der Waals surface area contributed by atoms with Gasteiger partial charge in [-0.25, -0.2) is 4.98 Å². The first kappa shape index (κ1) is 9.21. The summed E-state index contributed by atoms with van der Waals surface area (Å²) in [7, 11) is 0. The van der Waals surface area contributed by atoms with Crippen LogP contribution in [0, 0.1) is 0 Å². The van der Waals surface area contributed by atoms with Crippen LogP contribution in [0.25, 0.3) is 0 Å². The van der Waals surface area contributed by atoms with Crippen LogP contribution in [-0.4, -0.2) is 28.3 Å². The second kappa shape index (κ2) is 3.79. The highest BCUT2D eigenvalue weighted by Gasteiger charge is 2.27. The van der Waals surface area contributed by atoms with E-state index in [4.69, 9.17) is 15.6 Å². The number of aromatic nitrogens is 2. The molecule has 14 heavy (non-hydrogen) atoms. The van der Waals surface area contributed by atoms with E-state index < -0.39 is 0 Å². The minimum Gasteiger partial charge on any atom is -0.475 e. The summed E-state index contributed by atoms with van der Waals surface area (Å²) in [5.41, 5.74) is 5.60. The predicted octanol–water partition coefficient (Wildman–Crippen LogP) is 0.307. The molecular formula is C9H13N3O2. The van der Waals surface area contributed by atoms with Gasteiger partial charge in [0.15, 0.2) is 0 Å². The smallest absolute Gasteiger partial charge is 0.218 e. The Labute approximate surface area is 81.9 Å². The first-order chi connectivity index (χ1) is 6.79. The molecule has 0 saturated heterocycles. The number of ether oxygens (including phenoxy) is 1. The van der Waals surface area contributed by atoms with Gasteiger partial charge in [-0.05, 0) is 12.8 Å². The monoisotopic (exact) mass is 195 g/mol. The summed E-state index contributed by atoms with van der Waals surface area (Å²) in [6, 6.07) is 1.57. The van der Waals surface area contributed by atoms with Crippen LogP contribution in [0.5, 0.6) is 5.88 Å². The Morgan fingerprint density at radius 2 is 2.29 bits per heavy atom. The van der Waals surface area contributed by atoms with Crippen molar-refractivity contribution in [3.05, 3.63) is 11.9 Å². The highest BCUT2D eigenvalue weighted by atomic mass is 16.5. The van der Waals surface area contributed by atoms with Gasteiger partial charge in [0.05, 0.1) is 6.61 Å². The van der Waals surface area contributed by atoms with Crippen molar-refractivity contribution in [1.29, 1.82) is 0 Å². The van der Waals surface area contributed by atoms with E-state index in [0.29, 0.717) is 17.6 Å². The van der Waals surface area contributed by atoms with Crippen LogP contribution in [0.4, 0.5) is 5.82 Å². The molecule has 76 valence electrons. The van der Waals surface area contributed by atoms with E-state index in [2.05, 4.69) is 9.97 Å². The average Bonchev–Trinajstić information content (AvgIpc) is 2.97. The fourth-order valence-electron chi connectivity index (χ4n) is 1.21. The summed E-state index contributed by atoms with van der Waals surface area (Å²) < 4.78 is 5.17. The molecule has 2 rings (SSSR count). The maximum atomic E-state index is 8.59. The van der Waals surface area contributed by atoms with E-state index in [0.717, 1.165) is 18.7 Å². The van der Waals surface area contributed by atoms with E-state index in [-0.39, 0.29) is 13.2 Å². The first-order valence-electron chi connectivity index (χ1n) is 4.67. The highest BCUT2D eigenvalue weighted by Crippen LogP contribution is 2.38. The molecule has 1 saturated carbocycles. The molecule has 1 aromatic rings. The molecule has 1 aliphatic rings. The molecule has 0 unspecified atom stereocenters. The third-order valence-corrected chi connectivity index (χ3v) is 2.02. The Balaban J connectivity index is 2.13. The van der Waals surface area contributed by atoms with Crippen molar-refractivity contribution in [1.82, 2.24) is 9.97 Å². The van der Waals surface area contributed by atoms with E-state index in [9.17, 15) is 0 Å². The van der Waals surface area contributed by atoms with Crippen LogP contribution in [0.1, 0.15) is 24.6 Å². The topological polar surface area (TPSA) is 81.3 Å². The van der Waals surface area contributed by atoms with Gasteiger partial charge in [0.1, 0.15) is 18.2 Å². The molecule has 1 fully saturated rings. The first-order valence-corrected chi connectivity index (χ1v) is 4.67. The molecule has 1 aliphatic carbocycles. The maximum absolute atomic E-state index is 8.59. The van der Waals surface area contributed by atoms with Crippen LogP contribution in [0.15, 0.2) is 6.07 Å². The average molecular weight is 195 g/mol. The SMILES string of the molecule is Nc1cc(OCCO)nc(C2CC2)n1. The van der Waals surface area contributed by atoms with E-state index in [1.54, 1.807) is 6.07 Å². The Hall–Kier alpha value is -1.36. The number of nitrogens with zero attached hydrogens (tertiary/aromatic N) is 2. The van der Waals surface area contributed by atoms with Crippen molar-refractivity contribution < 1.29 is 9.84 Å². The Bertz CT molecular complexity index is 326. The van der Waals surface area contributed by atoms with Gasteiger partial charge >= 0.3 is 0 Å². The minimum absolute atomic E-state index is 0.0251. The van der Waals surface area contributed by atoms with Crippen LogP contribution >= 0.6 is 0 Å². The number of aliphatic hydroxyl groups excluding tert-OH is 1. The van der Waals surface area contributed by atoms with Crippen LogP contribution in [0.3, 0.4) is 0 Å². The summed E-state index contributed by atoms with van der Waals surface area (Å²) in [5, 5.41) is 8.59. The number of hydrogen-bond acceptors (Lipinski definition) is 5. The van der Waals surface area contributed by atoms with Gasteiger partial charge in [0.2, 0.25) is 5.88 Å². The van der Waals surface area contributed by atoms with Crippen molar-refractivity contribution in [2.75, 3.05) is 18.9 Å². The molecule has 5 nitrogen and oxygen atoms in total. The number of hydrogen-bond donors (Lipinski definition) is 2. The zero-order valence-corrected chi connectivity index (χ0v) is 7.81. The van der Waals surface area contributed by atoms with Gasteiger partial charge in [-0.15, -0.1) is 0 Å². The Kier molecular flexibility index (Phi) is 2.49. The van der Waals surface area contributed by atoms with Gasteiger partial charge in [0.25, 0.3) is 0 Å². The van der Waals surface area contributed by atoms with E-state index >= 15 is 0 Å². The fourth-order valence-corrected chi connectivity index (χ4v) is 1.21. The fraction of sp³-hybridized carbons (Fsp3) is 0.556. The lowest BCUT2D eigenvalue weighted by Gasteiger charge is -2.05. The Morgan fingerprint density at radius 1 is 1.50 bits per heavy atom. The molecule has 0 bridgehead atoms. The van der Waals surface area contributed by atoms with Crippen molar-refractivity contribution in [2.45, 2.75) is 18.8 Å². The second-order valence-corrected chi connectivity index (χ2v) is 3.34. The van der Waals surface area contributed by atoms with Crippen LogP contribution in [0.2, 0.25) is 0 Å². The van der Waals surface area contributed by atoms with Gasteiger partial charge in [-0.2, -0.15) is 4.98 Å². The third kappa shape index (κ3) is 2.11. The minimum atomic E-state index is -0.0251. The third-order valence-electron chi connectivity index (χ3n) is 2.02. The van der Waals surface area contributed by atoms with Crippen molar-refractivity contribution in [3.8, 4) is 5.88 Å². The lowest BCUT2D eigenvalue weighted by atomic mass is 10.4. The van der Waals surface area contributed by atoms with Gasteiger partial charge in [-0.1, -0.05) is 0 Å². The molecule has 0 radical (unpaired) electrons. The zero-order valence-electron chi connectivity index (χ0n) is 7.81. The molecular weight excluding hydrogens is 182 g/mol. The molecule has 3 N–H and O–H groups in total. The number of rotatable bonds is 4. The highest BCUT2D eigenvalue weighted by molar-refractivity contribution is 5.34. The molecule has 5 heteroatoms.